The molecule has 0 atom stereocenters. The first kappa shape index (κ1) is 12.9. The summed E-state index contributed by atoms with van der Waals surface area (Å²) in [5.74, 6) is 0.709. The van der Waals surface area contributed by atoms with Crippen molar-refractivity contribution in [2.75, 3.05) is 7.11 Å². The highest BCUT2D eigenvalue weighted by Gasteiger charge is 2.27. The molecule has 1 aromatic carbocycles. The Balaban J connectivity index is 2.58. The minimum absolute atomic E-state index is 0.684. The van der Waals surface area contributed by atoms with Gasteiger partial charge in [0.15, 0.2) is 0 Å². The standard InChI is InChI=1S/C12H16O3S/c1-12(2,11(13)14)16-8-9-4-6-10(15-3)7-5-9/h4-7H,8H2,1-3H3,(H,13,14). The summed E-state index contributed by atoms with van der Waals surface area (Å²) in [7, 11) is 1.62. The maximum atomic E-state index is 10.9. The Bertz CT molecular complexity index is 357. The molecule has 1 N–H and O–H groups in total. The number of hydrogen-bond donors (Lipinski definition) is 1. The summed E-state index contributed by atoms with van der Waals surface area (Å²) in [5, 5.41) is 8.96. The van der Waals surface area contributed by atoms with Crippen LogP contribution in [-0.2, 0) is 10.5 Å². The summed E-state index contributed by atoms with van der Waals surface area (Å²) in [6, 6.07) is 7.65. The predicted molar refractivity (Wildman–Crippen MR) is 66.0 cm³/mol. The summed E-state index contributed by atoms with van der Waals surface area (Å²) in [6.45, 7) is 3.42. The fraction of sp³-hybridized carbons (Fsp3) is 0.417. The van der Waals surface area contributed by atoms with E-state index in [2.05, 4.69) is 0 Å². The summed E-state index contributed by atoms with van der Waals surface area (Å²) >= 11 is 1.41. The zero-order chi connectivity index (χ0) is 12.2. The zero-order valence-electron chi connectivity index (χ0n) is 9.69. The van der Waals surface area contributed by atoms with Crippen molar-refractivity contribution in [3.63, 3.8) is 0 Å². The first-order chi connectivity index (χ1) is 7.45. The van der Waals surface area contributed by atoms with Crippen LogP contribution >= 0.6 is 11.8 Å². The normalized spacial score (nSPS) is 11.2. The molecule has 0 amide bonds. The van der Waals surface area contributed by atoms with Crippen LogP contribution < -0.4 is 4.74 Å². The molecular weight excluding hydrogens is 224 g/mol. The number of carbonyl (C=O) groups is 1. The number of carboxylic acid groups (broad SMARTS) is 1. The van der Waals surface area contributed by atoms with Gasteiger partial charge in [-0.15, -0.1) is 11.8 Å². The van der Waals surface area contributed by atoms with Crippen LogP contribution in [0.1, 0.15) is 19.4 Å². The molecule has 1 aromatic rings. The molecular formula is C12H16O3S. The number of hydrogen-bond acceptors (Lipinski definition) is 3. The van der Waals surface area contributed by atoms with Crippen LogP contribution in [0.25, 0.3) is 0 Å². The van der Waals surface area contributed by atoms with Gasteiger partial charge < -0.3 is 9.84 Å². The van der Waals surface area contributed by atoms with Crippen LogP contribution in [0.4, 0.5) is 0 Å². The second kappa shape index (κ2) is 5.25. The molecule has 0 aliphatic carbocycles. The molecule has 88 valence electrons. The smallest absolute Gasteiger partial charge is 0.319 e. The molecule has 0 saturated heterocycles. The molecule has 0 bridgehead atoms. The van der Waals surface area contributed by atoms with Crippen molar-refractivity contribution in [3.05, 3.63) is 29.8 Å². The third kappa shape index (κ3) is 3.45. The second-order valence-electron chi connectivity index (χ2n) is 3.95. The van der Waals surface area contributed by atoms with Crippen LogP contribution in [0.3, 0.4) is 0 Å². The van der Waals surface area contributed by atoms with Gasteiger partial charge in [0.1, 0.15) is 10.5 Å². The van der Waals surface area contributed by atoms with Gasteiger partial charge in [0, 0.05) is 5.75 Å². The Hall–Kier alpha value is -1.16. The van der Waals surface area contributed by atoms with E-state index in [0.717, 1.165) is 11.3 Å². The Morgan fingerprint density at radius 3 is 2.38 bits per heavy atom. The molecule has 16 heavy (non-hydrogen) atoms. The monoisotopic (exact) mass is 240 g/mol. The highest BCUT2D eigenvalue weighted by molar-refractivity contribution is 8.00. The van der Waals surface area contributed by atoms with Crippen LogP contribution in [0.2, 0.25) is 0 Å². The molecule has 3 nitrogen and oxygen atoms in total. The predicted octanol–water partition coefficient (Wildman–Crippen LogP) is 2.79. The molecule has 0 spiro atoms. The van der Waals surface area contributed by atoms with E-state index in [0.29, 0.717) is 5.75 Å². The van der Waals surface area contributed by atoms with Crippen LogP contribution in [0.5, 0.6) is 5.75 Å². The van der Waals surface area contributed by atoms with Gasteiger partial charge in [-0.25, -0.2) is 0 Å². The topological polar surface area (TPSA) is 46.5 Å². The molecule has 0 fully saturated rings. The van der Waals surface area contributed by atoms with Gasteiger partial charge in [0.25, 0.3) is 0 Å². The first-order valence-corrected chi connectivity index (χ1v) is 5.94. The molecule has 0 aliphatic rings. The van der Waals surface area contributed by atoms with Crippen LogP contribution in [-0.4, -0.2) is 22.9 Å². The number of benzene rings is 1. The average molecular weight is 240 g/mol. The van der Waals surface area contributed by atoms with E-state index in [1.165, 1.54) is 11.8 Å². The third-order valence-electron chi connectivity index (χ3n) is 2.27. The van der Waals surface area contributed by atoms with E-state index in [1.807, 2.05) is 24.3 Å². The van der Waals surface area contributed by atoms with Gasteiger partial charge in [-0.1, -0.05) is 12.1 Å². The summed E-state index contributed by atoms with van der Waals surface area (Å²) in [5.41, 5.74) is 1.10. The van der Waals surface area contributed by atoms with Gasteiger partial charge >= 0.3 is 5.97 Å². The Kier molecular flexibility index (Phi) is 4.24. The van der Waals surface area contributed by atoms with Crippen molar-refractivity contribution in [2.24, 2.45) is 0 Å². The second-order valence-corrected chi connectivity index (χ2v) is 5.55. The Morgan fingerprint density at radius 2 is 1.94 bits per heavy atom. The minimum Gasteiger partial charge on any atom is -0.497 e. The number of ether oxygens (including phenoxy) is 1. The van der Waals surface area contributed by atoms with Crippen LogP contribution in [0.15, 0.2) is 24.3 Å². The lowest BCUT2D eigenvalue weighted by atomic mass is 10.2. The van der Waals surface area contributed by atoms with Crippen molar-refractivity contribution >= 4 is 17.7 Å². The minimum atomic E-state index is -0.786. The zero-order valence-corrected chi connectivity index (χ0v) is 10.5. The molecule has 1 rings (SSSR count). The highest BCUT2D eigenvalue weighted by Crippen LogP contribution is 2.28. The van der Waals surface area contributed by atoms with Gasteiger partial charge in [-0.2, -0.15) is 0 Å². The van der Waals surface area contributed by atoms with Gasteiger partial charge in [0.2, 0.25) is 0 Å². The first-order valence-electron chi connectivity index (χ1n) is 4.96. The number of carboxylic acids is 1. The molecule has 0 unspecified atom stereocenters. The van der Waals surface area contributed by atoms with E-state index in [4.69, 9.17) is 9.84 Å². The van der Waals surface area contributed by atoms with Gasteiger partial charge in [0.05, 0.1) is 7.11 Å². The quantitative estimate of drug-likeness (QED) is 0.859. The van der Waals surface area contributed by atoms with E-state index in [9.17, 15) is 4.79 Å². The third-order valence-corrected chi connectivity index (χ3v) is 3.65. The van der Waals surface area contributed by atoms with Gasteiger partial charge in [-0.05, 0) is 31.5 Å². The van der Waals surface area contributed by atoms with Crippen molar-refractivity contribution < 1.29 is 14.6 Å². The SMILES string of the molecule is COc1ccc(CSC(C)(C)C(=O)O)cc1. The fourth-order valence-electron chi connectivity index (χ4n) is 1.05. The molecule has 0 aliphatic heterocycles. The number of methoxy groups -OCH3 is 1. The summed E-state index contributed by atoms with van der Waals surface area (Å²) in [4.78, 5) is 10.9. The Labute approximate surface area is 99.8 Å². The van der Waals surface area contributed by atoms with E-state index >= 15 is 0 Å². The Morgan fingerprint density at radius 1 is 1.38 bits per heavy atom. The van der Waals surface area contributed by atoms with E-state index in [-0.39, 0.29) is 0 Å². The number of rotatable bonds is 5. The average Bonchev–Trinajstić information content (AvgIpc) is 2.27. The van der Waals surface area contributed by atoms with Crippen molar-refractivity contribution in [3.8, 4) is 5.75 Å². The van der Waals surface area contributed by atoms with E-state index < -0.39 is 10.7 Å². The molecule has 0 radical (unpaired) electrons. The van der Waals surface area contributed by atoms with Crippen molar-refractivity contribution in [1.29, 1.82) is 0 Å². The van der Waals surface area contributed by atoms with E-state index in [1.54, 1.807) is 21.0 Å². The van der Waals surface area contributed by atoms with Crippen LogP contribution in [0, 0.1) is 0 Å². The molecule has 0 aromatic heterocycles. The molecule has 4 heteroatoms. The number of thioether (sulfide) groups is 1. The van der Waals surface area contributed by atoms with Gasteiger partial charge in [-0.3, -0.25) is 4.79 Å². The maximum absolute atomic E-state index is 10.9. The fourth-order valence-corrected chi connectivity index (χ4v) is 1.89. The highest BCUT2D eigenvalue weighted by atomic mass is 32.2. The van der Waals surface area contributed by atoms with Crippen molar-refractivity contribution in [1.82, 2.24) is 0 Å². The lowest BCUT2D eigenvalue weighted by Crippen LogP contribution is -2.27. The lowest BCUT2D eigenvalue weighted by molar-refractivity contribution is -0.138. The molecule has 0 saturated carbocycles. The number of aliphatic carboxylic acids is 1. The summed E-state index contributed by atoms with van der Waals surface area (Å²) < 4.78 is 4.30. The maximum Gasteiger partial charge on any atom is 0.319 e. The summed E-state index contributed by atoms with van der Waals surface area (Å²) in [6.07, 6.45) is 0. The van der Waals surface area contributed by atoms with Crippen molar-refractivity contribution in [2.45, 2.75) is 24.3 Å². The largest absolute Gasteiger partial charge is 0.497 e. The molecule has 0 heterocycles. The lowest BCUT2D eigenvalue weighted by Gasteiger charge is -2.18.